The van der Waals surface area contributed by atoms with Gasteiger partial charge >= 0.3 is 0 Å². The van der Waals surface area contributed by atoms with Gasteiger partial charge in [-0.3, -0.25) is 4.79 Å². The Morgan fingerprint density at radius 2 is 2.00 bits per heavy atom. The molecule has 2 aliphatic rings. The first-order valence-corrected chi connectivity index (χ1v) is 7.93. The van der Waals surface area contributed by atoms with Gasteiger partial charge in [0.25, 0.3) is 0 Å². The zero-order chi connectivity index (χ0) is 14.8. The molecule has 1 aliphatic carbocycles. The van der Waals surface area contributed by atoms with Crippen molar-refractivity contribution in [2.75, 3.05) is 13.7 Å². The van der Waals surface area contributed by atoms with Crippen LogP contribution in [0.1, 0.15) is 56.7 Å². The lowest BCUT2D eigenvalue weighted by Crippen LogP contribution is -2.44. The fourth-order valence-corrected chi connectivity index (χ4v) is 3.56. The molecule has 0 aromatic carbocycles. The van der Waals surface area contributed by atoms with Crippen LogP contribution in [0.5, 0.6) is 0 Å². The van der Waals surface area contributed by atoms with Gasteiger partial charge in [-0.1, -0.05) is 19.3 Å². The maximum Gasteiger partial charge on any atom is 0.226 e. The lowest BCUT2D eigenvalue weighted by Gasteiger charge is -2.36. The molecule has 6 heteroatoms. The summed E-state index contributed by atoms with van der Waals surface area (Å²) in [7, 11) is 1.66. The van der Waals surface area contributed by atoms with E-state index in [1.165, 1.54) is 19.3 Å². The minimum Gasteiger partial charge on any atom is -0.377 e. The van der Waals surface area contributed by atoms with E-state index in [9.17, 15) is 4.79 Å². The van der Waals surface area contributed by atoms with Crippen LogP contribution < -0.4 is 0 Å². The SMILES string of the molecule is COCc1nnc2n1CCN(C(=O)C1CCCCC1)[C@H]2C. The lowest BCUT2D eigenvalue weighted by atomic mass is 9.88. The van der Waals surface area contributed by atoms with E-state index in [0.717, 1.165) is 37.6 Å². The predicted molar refractivity (Wildman–Crippen MR) is 77.4 cm³/mol. The maximum absolute atomic E-state index is 12.7. The summed E-state index contributed by atoms with van der Waals surface area (Å²) in [5.74, 6) is 2.26. The predicted octanol–water partition coefficient (Wildman–Crippen LogP) is 1.91. The van der Waals surface area contributed by atoms with Gasteiger partial charge in [0.2, 0.25) is 5.91 Å². The number of ether oxygens (including phenoxy) is 1. The molecule has 1 fully saturated rings. The van der Waals surface area contributed by atoms with Gasteiger partial charge in [0, 0.05) is 26.1 Å². The average molecular weight is 292 g/mol. The van der Waals surface area contributed by atoms with Crippen molar-refractivity contribution in [1.82, 2.24) is 19.7 Å². The first kappa shape index (κ1) is 14.5. The molecule has 0 radical (unpaired) electrons. The second-order valence-electron chi connectivity index (χ2n) is 6.10. The molecule has 1 atom stereocenters. The zero-order valence-corrected chi connectivity index (χ0v) is 12.9. The molecule has 0 bridgehead atoms. The molecular formula is C15H24N4O2. The first-order valence-electron chi connectivity index (χ1n) is 7.93. The van der Waals surface area contributed by atoms with Crippen molar-refractivity contribution in [2.24, 2.45) is 5.92 Å². The van der Waals surface area contributed by atoms with Gasteiger partial charge in [-0.15, -0.1) is 10.2 Å². The monoisotopic (exact) mass is 292 g/mol. The third-order valence-electron chi connectivity index (χ3n) is 4.77. The fraction of sp³-hybridized carbons (Fsp3) is 0.800. The Hall–Kier alpha value is -1.43. The molecule has 1 aromatic heterocycles. The van der Waals surface area contributed by atoms with Crippen molar-refractivity contribution in [1.29, 1.82) is 0 Å². The number of rotatable bonds is 3. The average Bonchev–Trinajstić information content (AvgIpc) is 2.92. The van der Waals surface area contributed by atoms with Crippen molar-refractivity contribution in [2.45, 2.75) is 58.2 Å². The number of hydrogen-bond donors (Lipinski definition) is 0. The van der Waals surface area contributed by atoms with Gasteiger partial charge in [0.05, 0.1) is 6.04 Å². The van der Waals surface area contributed by atoms with Crippen LogP contribution in [0.15, 0.2) is 0 Å². The molecule has 6 nitrogen and oxygen atoms in total. The molecule has 116 valence electrons. The van der Waals surface area contributed by atoms with Crippen LogP contribution in [0, 0.1) is 5.92 Å². The molecule has 0 spiro atoms. The van der Waals surface area contributed by atoms with Gasteiger partial charge < -0.3 is 14.2 Å². The van der Waals surface area contributed by atoms with E-state index < -0.39 is 0 Å². The third-order valence-corrected chi connectivity index (χ3v) is 4.77. The molecule has 1 saturated carbocycles. The number of amides is 1. The molecule has 0 unspecified atom stereocenters. The highest BCUT2D eigenvalue weighted by molar-refractivity contribution is 5.79. The summed E-state index contributed by atoms with van der Waals surface area (Å²) in [6.07, 6.45) is 5.74. The summed E-state index contributed by atoms with van der Waals surface area (Å²) in [5, 5.41) is 8.47. The molecule has 3 rings (SSSR count). The number of hydrogen-bond acceptors (Lipinski definition) is 4. The van der Waals surface area contributed by atoms with Crippen molar-refractivity contribution < 1.29 is 9.53 Å². The van der Waals surface area contributed by atoms with Gasteiger partial charge in [0.15, 0.2) is 11.6 Å². The normalized spacial score (nSPS) is 23.1. The number of carbonyl (C=O) groups is 1. The topological polar surface area (TPSA) is 60.3 Å². The third kappa shape index (κ3) is 2.69. The van der Waals surface area contributed by atoms with Crippen LogP contribution in [0.4, 0.5) is 0 Å². The molecule has 21 heavy (non-hydrogen) atoms. The number of aromatic nitrogens is 3. The molecule has 0 N–H and O–H groups in total. The summed E-state index contributed by atoms with van der Waals surface area (Å²) in [5.41, 5.74) is 0. The Labute approximate surface area is 125 Å². The Balaban J connectivity index is 1.75. The van der Waals surface area contributed by atoms with Crippen LogP contribution in [-0.2, 0) is 22.7 Å². The summed E-state index contributed by atoms with van der Waals surface area (Å²) in [4.78, 5) is 14.7. The van der Waals surface area contributed by atoms with E-state index in [1.807, 2.05) is 4.90 Å². The fourth-order valence-electron chi connectivity index (χ4n) is 3.56. The minimum absolute atomic E-state index is 0.00582. The van der Waals surface area contributed by atoms with Crippen molar-refractivity contribution in [3.05, 3.63) is 11.6 Å². The lowest BCUT2D eigenvalue weighted by molar-refractivity contribution is -0.140. The first-order chi connectivity index (χ1) is 10.2. The Morgan fingerprint density at radius 1 is 1.24 bits per heavy atom. The Bertz CT molecular complexity index is 508. The molecule has 2 heterocycles. The summed E-state index contributed by atoms with van der Waals surface area (Å²) in [6, 6.07) is 0.00582. The smallest absolute Gasteiger partial charge is 0.226 e. The number of nitrogens with zero attached hydrogens (tertiary/aromatic N) is 4. The number of methoxy groups -OCH3 is 1. The highest BCUT2D eigenvalue weighted by atomic mass is 16.5. The second kappa shape index (κ2) is 6.13. The Morgan fingerprint density at radius 3 is 2.71 bits per heavy atom. The van der Waals surface area contributed by atoms with Crippen molar-refractivity contribution in [3.8, 4) is 0 Å². The van der Waals surface area contributed by atoms with Crippen LogP contribution in [-0.4, -0.2) is 39.2 Å². The molecule has 1 aromatic rings. The van der Waals surface area contributed by atoms with E-state index in [1.54, 1.807) is 7.11 Å². The summed E-state index contributed by atoms with van der Waals surface area (Å²) >= 11 is 0. The number of carbonyl (C=O) groups excluding carboxylic acids is 1. The van der Waals surface area contributed by atoms with Crippen molar-refractivity contribution >= 4 is 5.91 Å². The van der Waals surface area contributed by atoms with Crippen LogP contribution in [0.25, 0.3) is 0 Å². The van der Waals surface area contributed by atoms with Gasteiger partial charge in [-0.2, -0.15) is 0 Å². The maximum atomic E-state index is 12.7. The molecule has 1 amide bonds. The van der Waals surface area contributed by atoms with Crippen molar-refractivity contribution in [3.63, 3.8) is 0 Å². The highest BCUT2D eigenvalue weighted by Crippen LogP contribution is 2.31. The van der Waals surface area contributed by atoms with E-state index in [4.69, 9.17) is 4.74 Å². The van der Waals surface area contributed by atoms with Crippen LogP contribution in [0.2, 0.25) is 0 Å². The van der Waals surface area contributed by atoms with Gasteiger partial charge in [-0.25, -0.2) is 0 Å². The summed E-state index contributed by atoms with van der Waals surface area (Å²) in [6.45, 7) is 4.04. The molecule has 1 aliphatic heterocycles. The van der Waals surface area contributed by atoms with E-state index in [2.05, 4.69) is 21.7 Å². The van der Waals surface area contributed by atoms with E-state index >= 15 is 0 Å². The second-order valence-corrected chi connectivity index (χ2v) is 6.10. The minimum atomic E-state index is 0.00582. The van der Waals surface area contributed by atoms with E-state index in [-0.39, 0.29) is 12.0 Å². The largest absolute Gasteiger partial charge is 0.377 e. The Kier molecular flexibility index (Phi) is 4.24. The van der Waals surface area contributed by atoms with Crippen LogP contribution >= 0.6 is 0 Å². The number of fused-ring (bicyclic) bond motifs is 1. The molecular weight excluding hydrogens is 268 g/mol. The van der Waals surface area contributed by atoms with Crippen LogP contribution in [0.3, 0.4) is 0 Å². The standard InChI is InChI=1S/C15H24N4O2/c1-11-14-17-16-13(10-21-2)19(14)9-8-18(11)15(20)12-6-4-3-5-7-12/h11-12H,3-10H2,1-2H3/t11-/m0/s1. The quantitative estimate of drug-likeness (QED) is 0.854. The summed E-state index contributed by atoms with van der Waals surface area (Å²) < 4.78 is 7.25. The molecule has 0 saturated heterocycles. The van der Waals surface area contributed by atoms with E-state index in [0.29, 0.717) is 12.5 Å². The highest BCUT2D eigenvalue weighted by Gasteiger charge is 2.34. The zero-order valence-electron chi connectivity index (χ0n) is 12.9. The van der Waals surface area contributed by atoms with Gasteiger partial charge in [-0.05, 0) is 19.8 Å². The van der Waals surface area contributed by atoms with Gasteiger partial charge in [0.1, 0.15) is 6.61 Å².